The van der Waals surface area contributed by atoms with E-state index in [4.69, 9.17) is 4.74 Å². The number of hydrogen-bond donors (Lipinski definition) is 1. The van der Waals surface area contributed by atoms with Crippen molar-refractivity contribution in [3.05, 3.63) is 54.4 Å². The molecule has 3 rings (SSSR count). The van der Waals surface area contributed by atoms with Crippen molar-refractivity contribution in [3.63, 3.8) is 0 Å². The first kappa shape index (κ1) is 17.9. The van der Waals surface area contributed by atoms with Crippen molar-refractivity contribution >= 4 is 0 Å². The number of aromatic nitrogens is 1. The SMILES string of the molecule is CC(O)CN(Cc1ccccc1Oc1cccnc1)C1CCCCC1. The molecule has 2 aromatic rings. The summed E-state index contributed by atoms with van der Waals surface area (Å²) in [6, 6.07) is 12.5. The first-order valence-electron chi connectivity index (χ1n) is 9.30. The molecule has 1 N–H and O–H groups in total. The maximum absolute atomic E-state index is 9.95. The number of benzene rings is 1. The Kier molecular flexibility index (Phi) is 6.42. The van der Waals surface area contributed by atoms with Gasteiger partial charge in [0, 0.05) is 30.9 Å². The molecular formula is C21H28N2O2. The smallest absolute Gasteiger partial charge is 0.145 e. The lowest BCUT2D eigenvalue weighted by Gasteiger charge is -2.35. The molecular weight excluding hydrogens is 312 g/mol. The second-order valence-corrected chi connectivity index (χ2v) is 6.97. The van der Waals surface area contributed by atoms with Gasteiger partial charge in [-0.2, -0.15) is 0 Å². The van der Waals surface area contributed by atoms with E-state index in [9.17, 15) is 5.11 Å². The normalized spacial score (nSPS) is 16.8. The van der Waals surface area contributed by atoms with E-state index in [0.29, 0.717) is 12.6 Å². The Morgan fingerprint density at radius 1 is 1.16 bits per heavy atom. The summed E-state index contributed by atoms with van der Waals surface area (Å²) < 4.78 is 6.05. The average molecular weight is 340 g/mol. The number of hydrogen-bond acceptors (Lipinski definition) is 4. The van der Waals surface area contributed by atoms with E-state index in [2.05, 4.69) is 16.0 Å². The van der Waals surface area contributed by atoms with Crippen LogP contribution < -0.4 is 4.74 Å². The number of nitrogens with zero attached hydrogens (tertiary/aromatic N) is 2. The van der Waals surface area contributed by atoms with Gasteiger partial charge >= 0.3 is 0 Å². The highest BCUT2D eigenvalue weighted by Gasteiger charge is 2.23. The van der Waals surface area contributed by atoms with Gasteiger partial charge in [-0.3, -0.25) is 9.88 Å². The molecule has 1 unspecified atom stereocenters. The summed E-state index contributed by atoms with van der Waals surface area (Å²) in [5.74, 6) is 1.61. The molecule has 0 saturated heterocycles. The summed E-state index contributed by atoms with van der Waals surface area (Å²) in [5, 5.41) is 9.95. The summed E-state index contributed by atoms with van der Waals surface area (Å²) in [6.07, 6.45) is 9.49. The van der Waals surface area contributed by atoms with Crippen molar-refractivity contribution < 1.29 is 9.84 Å². The zero-order valence-electron chi connectivity index (χ0n) is 15.0. The van der Waals surface area contributed by atoms with Crippen LogP contribution in [0.4, 0.5) is 0 Å². The van der Waals surface area contributed by atoms with Crippen molar-refractivity contribution in [2.75, 3.05) is 6.54 Å². The molecule has 0 spiro atoms. The first-order chi connectivity index (χ1) is 12.2. The van der Waals surface area contributed by atoms with Gasteiger partial charge in [-0.05, 0) is 38.0 Å². The highest BCUT2D eigenvalue weighted by molar-refractivity contribution is 5.37. The number of aliphatic hydroxyl groups excluding tert-OH is 1. The molecule has 1 atom stereocenters. The minimum atomic E-state index is -0.326. The topological polar surface area (TPSA) is 45.6 Å². The standard InChI is InChI=1S/C21H28N2O2/c1-17(24)15-23(19-9-3-2-4-10-19)16-18-8-5-6-12-21(18)25-20-11-7-13-22-14-20/h5-8,11-14,17,19,24H,2-4,9-10,15-16H2,1H3. The minimum absolute atomic E-state index is 0.326. The largest absolute Gasteiger partial charge is 0.455 e. The Hall–Kier alpha value is -1.91. The van der Waals surface area contributed by atoms with Gasteiger partial charge in [-0.1, -0.05) is 37.5 Å². The van der Waals surface area contributed by atoms with Crippen LogP contribution in [0.2, 0.25) is 0 Å². The third kappa shape index (κ3) is 5.28. The summed E-state index contributed by atoms with van der Waals surface area (Å²) in [6.45, 7) is 3.37. The van der Waals surface area contributed by atoms with Crippen molar-refractivity contribution in [1.82, 2.24) is 9.88 Å². The van der Waals surface area contributed by atoms with Crippen molar-refractivity contribution in [2.45, 2.75) is 57.7 Å². The van der Waals surface area contributed by atoms with Gasteiger partial charge in [0.2, 0.25) is 0 Å². The van der Waals surface area contributed by atoms with Crippen LogP contribution in [0.5, 0.6) is 11.5 Å². The van der Waals surface area contributed by atoms with Crippen LogP contribution in [0, 0.1) is 0 Å². The molecule has 1 aliphatic rings. The van der Waals surface area contributed by atoms with Gasteiger partial charge in [-0.25, -0.2) is 0 Å². The number of para-hydroxylation sites is 1. The van der Waals surface area contributed by atoms with Gasteiger partial charge < -0.3 is 9.84 Å². The first-order valence-corrected chi connectivity index (χ1v) is 9.30. The van der Waals surface area contributed by atoms with Crippen LogP contribution >= 0.6 is 0 Å². The Balaban J connectivity index is 1.76. The van der Waals surface area contributed by atoms with Gasteiger partial charge in [0.25, 0.3) is 0 Å². The lowest BCUT2D eigenvalue weighted by atomic mass is 9.93. The maximum Gasteiger partial charge on any atom is 0.145 e. The molecule has 1 aromatic carbocycles. The van der Waals surface area contributed by atoms with E-state index in [1.54, 1.807) is 12.4 Å². The zero-order valence-corrected chi connectivity index (χ0v) is 15.0. The van der Waals surface area contributed by atoms with Crippen molar-refractivity contribution in [2.24, 2.45) is 0 Å². The Labute approximate surface area is 150 Å². The highest BCUT2D eigenvalue weighted by Crippen LogP contribution is 2.29. The Morgan fingerprint density at radius 3 is 2.68 bits per heavy atom. The predicted octanol–water partition coefficient (Wildman–Crippen LogP) is 4.39. The molecule has 0 radical (unpaired) electrons. The predicted molar refractivity (Wildman–Crippen MR) is 99.7 cm³/mol. The molecule has 25 heavy (non-hydrogen) atoms. The fraction of sp³-hybridized carbons (Fsp3) is 0.476. The molecule has 4 nitrogen and oxygen atoms in total. The summed E-state index contributed by atoms with van der Waals surface area (Å²) in [7, 11) is 0. The van der Waals surface area contributed by atoms with E-state index in [1.165, 1.54) is 32.1 Å². The fourth-order valence-electron chi connectivity index (χ4n) is 3.62. The molecule has 0 amide bonds. The summed E-state index contributed by atoms with van der Waals surface area (Å²) >= 11 is 0. The van der Waals surface area contributed by atoms with E-state index >= 15 is 0 Å². The summed E-state index contributed by atoms with van der Waals surface area (Å²) in [5.41, 5.74) is 1.15. The van der Waals surface area contributed by atoms with E-state index < -0.39 is 0 Å². The van der Waals surface area contributed by atoms with E-state index in [1.807, 2.05) is 37.3 Å². The number of aliphatic hydroxyl groups is 1. The third-order valence-electron chi connectivity index (χ3n) is 4.80. The second kappa shape index (κ2) is 8.97. The van der Waals surface area contributed by atoms with Gasteiger partial charge in [0.05, 0.1) is 12.3 Å². The second-order valence-electron chi connectivity index (χ2n) is 6.97. The van der Waals surface area contributed by atoms with Gasteiger partial charge in [0.1, 0.15) is 11.5 Å². The molecule has 0 bridgehead atoms. The quantitative estimate of drug-likeness (QED) is 0.812. The van der Waals surface area contributed by atoms with Crippen LogP contribution in [-0.4, -0.2) is 33.7 Å². The van der Waals surface area contributed by atoms with Crippen molar-refractivity contribution in [3.8, 4) is 11.5 Å². The third-order valence-corrected chi connectivity index (χ3v) is 4.80. The molecule has 1 heterocycles. The lowest BCUT2D eigenvalue weighted by Crippen LogP contribution is -2.40. The molecule has 4 heteroatoms. The van der Waals surface area contributed by atoms with Crippen LogP contribution in [0.1, 0.15) is 44.6 Å². The lowest BCUT2D eigenvalue weighted by molar-refractivity contribution is 0.0764. The molecule has 1 aromatic heterocycles. The molecule has 0 aliphatic heterocycles. The Morgan fingerprint density at radius 2 is 1.96 bits per heavy atom. The number of rotatable bonds is 7. The Bertz CT molecular complexity index is 639. The molecule has 134 valence electrons. The van der Waals surface area contributed by atoms with Crippen LogP contribution in [0.25, 0.3) is 0 Å². The van der Waals surface area contributed by atoms with E-state index in [-0.39, 0.29) is 6.10 Å². The molecule has 1 fully saturated rings. The van der Waals surface area contributed by atoms with Crippen LogP contribution in [-0.2, 0) is 6.54 Å². The van der Waals surface area contributed by atoms with Gasteiger partial charge in [0.15, 0.2) is 0 Å². The fourth-order valence-corrected chi connectivity index (χ4v) is 3.62. The number of pyridine rings is 1. The monoisotopic (exact) mass is 340 g/mol. The van der Waals surface area contributed by atoms with Gasteiger partial charge in [-0.15, -0.1) is 0 Å². The maximum atomic E-state index is 9.95. The average Bonchev–Trinajstić information content (AvgIpc) is 2.64. The number of ether oxygens (including phenoxy) is 1. The highest BCUT2D eigenvalue weighted by atomic mass is 16.5. The molecule has 1 aliphatic carbocycles. The van der Waals surface area contributed by atoms with Crippen LogP contribution in [0.15, 0.2) is 48.8 Å². The summed E-state index contributed by atoms with van der Waals surface area (Å²) in [4.78, 5) is 6.54. The van der Waals surface area contributed by atoms with Crippen LogP contribution in [0.3, 0.4) is 0 Å². The minimum Gasteiger partial charge on any atom is -0.455 e. The van der Waals surface area contributed by atoms with Crippen molar-refractivity contribution in [1.29, 1.82) is 0 Å². The zero-order chi connectivity index (χ0) is 17.5. The van der Waals surface area contributed by atoms with E-state index in [0.717, 1.165) is 23.6 Å². The molecule has 1 saturated carbocycles.